The summed E-state index contributed by atoms with van der Waals surface area (Å²) in [5.41, 5.74) is 3.91. The summed E-state index contributed by atoms with van der Waals surface area (Å²) in [5.74, 6) is 0.795. The molecule has 0 aromatic heterocycles. The van der Waals surface area contributed by atoms with Gasteiger partial charge in [0.1, 0.15) is 0 Å². The first kappa shape index (κ1) is 11.0. The molecule has 82 valence electrons. The van der Waals surface area contributed by atoms with Crippen molar-refractivity contribution in [2.75, 3.05) is 13.1 Å². The van der Waals surface area contributed by atoms with Crippen molar-refractivity contribution < 1.29 is 0 Å². The van der Waals surface area contributed by atoms with Crippen molar-refractivity contribution in [3.8, 4) is 0 Å². The van der Waals surface area contributed by atoms with Gasteiger partial charge in [-0.1, -0.05) is 17.7 Å². The van der Waals surface area contributed by atoms with Crippen LogP contribution in [0.2, 0.25) is 5.02 Å². The van der Waals surface area contributed by atoms with Crippen LogP contribution in [0, 0.1) is 19.8 Å². The first-order valence-electron chi connectivity index (χ1n) is 5.63. The van der Waals surface area contributed by atoms with Crippen LogP contribution < -0.4 is 5.32 Å². The lowest BCUT2D eigenvalue weighted by molar-refractivity contribution is 0.580. The van der Waals surface area contributed by atoms with Crippen molar-refractivity contribution in [3.63, 3.8) is 0 Å². The van der Waals surface area contributed by atoms with E-state index in [1.54, 1.807) is 0 Å². The maximum Gasteiger partial charge on any atom is 0.0440 e. The van der Waals surface area contributed by atoms with Gasteiger partial charge in [-0.25, -0.2) is 0 Å². The Bertz CT molecular complexity index is 331. The largest absolute Gasteiger partial charge is 0.316 e. The molecule has 2 rings (SSSR count). The Morgan fingerprint density at radius 3 is 2.80 bits per heavy atom. The van der Waals surface area contributed by atoms with Gasteiger partial charge >= 0.3 is 0 Å². The topological polar surface area (TPSA) is 12.0 Å². The highest BCUT2D eigenvalue weighted by Crippen LogP contribution is 2.24. The van der Waals surface area contributed by atoms with E-state index in [9.17, 15) is 0 Å². The predicted molar refractivity (Wildman–Crippen MR) is 65.6 cm³/mol. The van der Waals surface area contributed by atoms with Gasteiger partial charge in [0.2, 0.25) is 0 Å². The maximum atomic E-state index is 6.19. The van der Waals surface area contributed by atoms with Crippen molar-refractivity contribution in [1.29, 1.82) is 0 Å². The van der Waals surface area contributed by atoms with Gasteiger partial charge in [0.15, 0.2) is 0 Å². The zero-order chi connectivity index (χ0) is 10.8. The summed E-state index contributed by atoms with van der Waals surface area (Å²) in [6.07, 6.45) is 2.46. The van der Waals surface area contributed by atoms with E-state index in [1.165, 1.54) is 29.7 Å². The molecule has 15 heavy (non-hydrogen) atoms. The maximum absolute atomic E-state index is 6.19. The Balaban J connectivity index is 2.14. The Morgan fingerprint density at radius 2 is 2.20 bits per heavy atom. The molecule has 0 radical (unpaired) electrons. The minimum absolute atomic E-state index is 0.795. The fourth-order valence-corrected chi connectivity index (χ4v) is 2.52. The number of benzene rings is 1. The molecule has 1 aliphatic heterocycles. The Kier molecular flexibility index (Phi) is 3.32. The second kappa shape index (κ2) is 4.54. The van der Waals surface area contributed by atoms with Crippen LogP contribution in [0.4, 0.5) is 0 Å². The molecule has 0 saturated carbocycles. The molecule has 1 heterocycles. The van der Waals surface area contributed by atoms with Crippen LogP contribution in [0.5, 0.6) is 0 Å². The fraction of sp³-hybridized carbons (Fsp3) is 0.538. The number of rotatable bonds is 2. The van der Waals surface area contributed by atoms with Gasteiger partial charge in [-0.05, 0) is 68.5 Å². The lowest BCUT2D eigenvalue weighted by atomic mass is 9.96. The molecule has 0 amide bonds. The number of hydrogen-bond donors (Lipinski definition) is 1. The molecule has 1 nitrogen and oxygen atoms in total. The van der Waals surface area contributed by atoms with E-state index in [0.29, 0.717) is 0 Å². The van der Waals surface area contributed by atoms with E-state index in [4.69, 9.17) is 11.6 Å². The third-order valence-corrected chi connectivity index (χ3v) is 3.74. The van der Waals surface area contributed by atoms with Gasteiger partial charge in [0, 0.05) is 5.02 Å². The second-order valence-electron chi connectivity index (χ2n) is 4.58. The van der Waals surface area contributed by atoms with Gasteiger partial charge in [0.25, 0.3) is 0 Å². The third kappa shape index (κ3) is 2.53. The lowest BCUT2D eigenvalue weighted by Crippen LogP contribution is -2.10. The molecule has 0 bridgehead atoms. The van der Waals surface area contributed by atoms with Gasteiger partial charge < -0.3 is 5.32 Å². The second-order valence-corrected chi connectivity index (χ2v) is 4.99. The molecule has 1 saturated heterocycles. The molecule has 0 aliphatic carbocycles. The average molecular weight is 224 g/mol. The Hall–Kier alpha value is -0.530. The molecule has 1 aromatic rings. The van der Waals surface area contributed by atoms with Crippen LogP contribution in [0.3, 0.4) is 0 Å². The van der Waals surface area contributed by atoms with E-state index in [2.05, 4.69) is 31.3 Å². The zero-order valence-electron chi connectivity index (χ0n) is 9.44. The first-order chi connectivity index (χ1) is 7.16. The number of hydrogen-bond acceptors (Lipinski definition) is 1. The van der Waals surface area contributed by atoms with E-state index in [0.717, 1.165) is 23.9 Å². The van der Waals surface area contributed by atoms with Crippen molar-refractivity contribution in [2.45, 2.75) is 26.7 Å². The highest BCUT2D eigenvalue weighted by Gasteiger charge is 2.15. The first-order valence-corrected chi connectivity index (χ1v) is 6.01. The van der Waals surface area contributed by atoms with Gasteiger partial charge in [-0.2, -0.15) is 0 Å². The van der Waals surface area contributed by atoms with Gasteiger partial charge in [0.05, 0.1) is 0 Å². The van der Waals surface area contributed by atoms with E-state index >= 15 is 0 Å². The van der Waals surface area contributed by atoms with Crippen LogP contribution in [0.15, 0.2) is 12.1 Å². The quantitative estimate of drug-likeness (QED) is 0.813. The molecular formula is C13H18ClN. The summed E-state index contributed by atoms with van der Waals surface area (Å²) in [6.45, 7) is 6.55. The summed E-state index contributed by atoms with van der Waals surface area (Å²) in [5, 5.41) is 4.31. The summed E-state index contributed by atoms with van der Waals surface area (Å²) in [7, 11) is 0. The van der Waals surface area contributed by atoms with Crippen LogP contribution in [-0.2, 0) is 6.42 Å². The molecule has 1 aromatic carbocycles. The normalized spacial score (nSPS) is 20.9. The highest BCUT2D eigenvalue weighted by molar-refractivity contribution is 6.31. The lowest BCUT2D eigenvalue weighted by Gasteiger charge is -2.11. The fourth-order valence-electron chi connectivity index (χ4n) is 2.23. The summed E-state index contributed by atoms with van der Waals surface area (Å²) < 4.78 is 0. The molecular weight excluding hydrogens is 206 g/mol. The van der Waals surface area contributed by atoms with Gasteiger partial charge in [-0.15, -0.1) is 0 Å². The van der Waals surface area contributed by atoms with Crippen molar-refractivity contribution >= 4 is 11.6 Å². The monoisotopic (exact) mass is 223 g/mol. The molecule has 1 unspecified atom stereocenters. The summed E-state index contributed by atoms with van der Waals surface area (Å²) >= 11 is 6.19. The Labute approximate surface area is 96.8 Å². The van der Waals surface area contributed by atoms with E-state index in [1.807, 2.05) is 0 Å². The molecule has 1 atom stereocenters. The highest BCUT2D eigenvalue weighted by atomic mass is 35.5. The van der Waals surface area contributed by atoms with Crippen LogP contribution in [0.25, 0.3) is 0 Å². The van der Waals surface area contributed by atoms with Crippen LogP contribution >= 0.6 is 11.6 Å². The third-order valence-electron chi connectivity index (χ3n) is 3.35. The van der Waals surface area contributed by atoms with Crippen molar-refractivity contribution in [1.82, 2.24) is 5.32 Å². The molecule has 2 heteroatoms. The standard InChI is InChI=1S/C13H18ClN/c1-9-5-12(7-13(14)10(9)2)6-11-3-4-15-8-11/h5,7,11,15H,3-4,6,8H2,1-2H3. The molecule has 1 aliphatic rings. The van der Waals surface area contributed by atoms with E-state index in [-0.39, 0.29) is 0 Å². The molecule has 1 N–H and O–H groups in total. The minimum atomic E-state index is 0.795. The number of nitrogens with one attached hydrogen (secondary N) is 1. The van der Waals surface area contributed by atoms with Gasteiger partial charge in [-0.3, -0.25) is 0 Å². The smallest absolute Gasteiger partial charge is 0.0440 e. The number of halogens is 1. The minimum Gasteiger partial charge on any atom is -0.316 e. The SMILES string of the molecule is Cc1cc(CC2CCNC2)cc(Cl)c1C. The predicted octanol–water partition coefficient (Wildman–Crippen LogP) is 3.11. The number of aryl methyl sites for hydroxylation is 1. The van der Waals surface area contributed by atoms with Crippen molar-refractivity contribution in [2.24, 2.45) is 5.92 Å². The average Bonchev–Trinajstić information content (AvgIpc) is 2.66. The molecule has 0 spiro atoms. The Morgan fingerprint density at radius 1 is 1.40 bits per heavy atom. The van der Waals surface area contributed by atoms with E-state index < -0.39 is 0 Å². The summed E-state index contributed by atoms with van der Waals surface area (Å²) in [6, 6.07) is 4.40. The zero-order valence-corrected chi connectivity index (χ0v) is 10.2. The van der Waals surface area contributed by atoms with Crippen molar-refractivity contribution in [3.05, 3.63) is 33.8 Å². The van der Waals surface area contributed by atoms with Crippen LogP contribution in [-0.4, -0.2) is 13.1 Å². The van der Waals surface area contributed by atoms with Crippen LogP contribution in [0.1, 0.15) is 23.1 Å². The summed E-state index contributed by atoms with van der Waals surface area (Å²) in [4.78, 5) is 0. The molecule has 1 fully saturated rings.